The van der Waals surface area contributed by atoms with Crippen LogP contribution < -0.4 is 0 Å². The summed E-state index contributed by atoms with van der Waals surface area (Å²) in [5, 5.41) is 0. The Balaban J connectivity index is 3.07. The van der Waals surface area contributed by atoms with Crippen LogP contribution in [-0.2, 0) is 0 Å². The van der Waals surface area contributed by atoms with E-state index in [0.29, 0.717) is 0 Å². The highest BCUT2D eigenvalue weighted by Gasteiger charge is 1.88. The Morgan fingerprint density at radius 3 is 1.82 bits per heavy atom. The predicted molar refractivity (Wildman–Crippen MR) is 80.1 cm³/mol. The summed E-state index contributed by atoms with van der Waals surface area (Å²) in [5.41, 5.74) is 0. The van der Waals surface area contributed by atoms with Crippen molar-refractivity contribution in [1.82, 2.24) is 0 Å². The molecule has 0 fully saturated rings. The number of allylic oxidation sites excluding steroid dienone is 4. The molecule has 0 spiro atoms. The van der Waals surface area contributed by atoms with E-state index >= 15 is 0 Å². The molecule has 0 aliphatic rings. The first-order valence-electron chi connectivity index (χ1n) is 7.51. The third-order valence-corrected chi connectivity index (χ3v) is 2.93. The molecule has 0 heterocycles. The highest BCUT2D eigenvalue weighted by atomic mass is 13.9. The minimum atomic E-state index is 1.10. The first kappa shape index (κ1) is 16.5. The molecule has 0 N–H and O–H groups in total. The maximum atomic E-state index is 3.86. The molecular formula is C17H31. The summed E-state index contributed by atoms with van der Waals surface area (Å²) in [6.45, 7) is 6.05. The zero-order valence-electron chi connectivity index (χ0n) is 11.8. The van der Waals surface area contributed by atoms with E-state index in [9.17, 15) is 0 Å². The van der Waals surface area contributed by atoms with Crippen molar-refractivity contribution in [2.45, 2.75) is 77.6 Å². The summed E-state index contributed by atoms with van der Waals surface area (Å²) in [6, 6.07) is 0. The van der Waals surface area contributed by atoms with Crippen LogP contribution in [0.3, 0.4) is 0 Å². The Morgan fingerprint density at radius 2 is 1.18 bits per heavy atom. The third-order valence-electron chi connectivity index (χ3n) is 2.93. The lowest BCUT2D eigenvalue weighted by atomic mass is 10.1. The molecular weight excluding hydrogens is 204 g/mol. The molecule has 0 saturated carbocycles. The van der Waals surface area contributed by atoms with E-state index in [1.165, 1.54) is 64.2 Å². The molecule has 0 aromatic rings. The second-order valence-corrected chi connectivity index (χ2v) is 4.69. The van der Waals surface area contributed by atoms with Gasteiger partial charge in [0, 0.05) is 0 Å². The van der Waals surface area contributed by atoms with Crippen molar-refractivity contribution in [1.29, 1.82) is 0 Å². The highest BCUT2D eigenvalue weighted by Crippen LogP contribution is 2.07. The van der Waals surface area contributed by atoms with Gasteiger partial charge in [0.15, 0.2) is 0 Å². The fourth-order valence-corrected chi connectivity index (χ4v) is 1.84. The molecule has 0 aromatic carbocycles. The van der Waals surface area contributed by atoms with Crippen molar-refractivity contribution in [3.05, 3.63) is 31.2 Å². The number of rotatable bonds is 12. The minimum Gasteiger partial charge on any atom is -0.0888 e. The SMILES string of the molecule is [CH2]CCCCCCCC=CCCCC=CCC. The maximum Gasteiger partial charge on any atom is -0.0348 e. The van der Waals surface area contributed by atoms with Crippen LogP contribution in [0.15, 0.2) is 24.3 Å². The van der Waals surface area contributed by atoms with Gasteiger partial charge in [-0.2, -0.15) is 0 Å². The van der Waals surface area contributed by atoms with Crippen LogP contribution in [0.25, 0.3) is 0 Å². The van der Waals surface area contributed by atoms with Crippen LogP contribution in [0, 0.1) is 6.92 Å². The zero-order chi connectivity index (χ0) is 12.6. The molecule has 0 bridgehead atoms. The summed E-state index contributed by atoms with van der Waals surface area (Å²) >= 11 is 0. The first-order chi connectivity index (χ1) is 8.41. The molecule has 0 heteroatoms. The van der Waals surface area contributed by atoms with E-state index < -0.39 is 0 Å². The fourth-order valence-electron chi connectivity index (χ4n) is 1.84. The third kappa shape index (κ3) is 15.5. The minimum absolute atomic E-state index is 1.10. The summed E-state index contributed by atoms with van der Waals surface area (Å²) in [6.07, 6.45) is 23.4. The van der Waals surface area contributed by atoms with Crippen LogP contribution >= 0.6 is 0 Å². The summed E-state index contributed by atoms with van der Waals surface area (Å²) in [7, 11) is 0. The lowest BCUT2D eigenvalue weighted by molar-refractivity contribution is 0.621. The number of hydrogen-bond acceptors (Lipinski definition) is 0. The number of unbranched alkanes of at least 4 members (excludes halogenated alkanes) is 8. The molecule has 0 aliphatic carbocycles. The van der Waals surface area contributed by atoms with Gasteiger partial charge in [0.2, 0.25) is 0 Å². The quantitative estimate of drug-likeness (QED) is 0.277. The summed E-state index contributed by atoms with van der Waals surface area (Å²) < 4.78 is 0. The average Bonchev–Trinajstić information content (AvgIpc) is 2.35. The molecule has 0 amide bonds. The highest BCUT2D eigenvalue weighted by molar-refractivity contribution is 4.84. The molecule has 0 saturated heterocycles. The van der Waals surface area contributed by atoms with Crippen LogP contribution in [0.2, 0.25) is 0 Å². The zero-order valence-corrected chi connectivity index (χ0v) is 11.8. The maximum absolute atomic E-state index is 3.86. The Morgan fingerprint density at radius 1 is 0.647 bits per heavy atom. The Hall–Kier alpha value is -0.520. The van der Waals surface area contributed by atoms with E-state index in [0.717, 1.165) is 6.42 Å². The van der Waals surface area contributed by atoms with Gasteiger partial charge in [-0.25, -0.2) is 0 Å². The Kier molecular flexibility index (Phi) is 15.0. The fraction of sp³-hybridized carbons (Fsp3) is 0.706. The van der Waals surface area contributed by atoms with Gasteiger partial charge in [0.1, 0.15) is 0 Å². The monoisotopic (exact) mass is 235 g/mol. The van der Waals surface area contributed by atoms with Gasteiger partial charge in [-0.3, -0.25) is 0 Å². The largest absolute Gasteiger partial charge is 0.0888 e. The van der Waals surface area contributed by atoms with Gasteiger partial charge in [-0.05, 0) is 38.5 Å². The Bertz CT molecular complexity index is 176. The van der Waals surface area contributed by atoms with Gasteiger partial charge in [0.05, 0.1) is 0 Å². The standard InChI is InChI=1S/C17H31/c1-3-5-7-9-11-13-15-17-16-14-12-10-8-6-4-2/h6,8,16-17H,1,3-5,7,9-15H2,2H3. The van der Waals surface area contributed by atoms with Crippen molar-refractivity contribution in [2.24, 2.45) is 0 Å². The predicted octanol–water partition coefficient (Wildman–Crippen LogP) is 6.24. The molecule has 1 radical (unpaired) electrons. The molecule has 0 nitrogen and oxygen atoms in total. The van der Waals surface area contributed by atoms with Gasteiger partial charge in [-0.15, -0.1) is 0 Å². The smallest absolute Gasteiger partial charge is 0.0348 e. The van der Waals surface area contributed by atoms with Gasteiger partial charge in [0.25, 0.3) is 0 Å². The lowest BCUT2D eigenvalue weighted by Gasteiger charge is -1.97. The van der Waals surface area contributed by atoms with Crippen LogP contribution in [0.5, 0.6) is 0 Å². The normalized spacial score (nSPS) is 11.9. The van der Waals surface area contributed by atoms with Crippen LogP contribution in [0.4, 0.5) is 0 Å². The molecule has 0 unspecified atom stereocenters. The second kappa shape index (κ2) is 15.5. The van der Waals surface area contributed by atoms with Gasteiger partial charge < -0.3 is 0 Å². The van der Waals surface area contributed by atoms with Crippen molar-refractivity contribution >= 4 is 0 Å². The number of hydrogen-bond donors (Lipinski definition) is 0. The molecule has 0 atom stereocenters. The van der Waals surface area contributed by atoms with E-state index in [1.54, 1.807) is 0 Å². The molecule has 99 valence electrons. The summed E-state index contributed by atoms with van der Waals surface area (Å²) in [5.74, 6) is 0. The Labute approximate surface area is 109 Å². The van der Waals surface area contributed by atoms with Gasteiger partial charge in [-0.1, -0.05) is 70.3 Å². The molecule has 17 heavy (non-hydrogen) atoms. The lowest BCUT2D eigenvalue weighted by Crippen LogP contribution is -1.77. The molecule has 0 rings (SSSR count). The van der Waals surface area contributed by atoms with E-state index in [2.05, 4.69) is 38.2 Å². The van der Waals surface area contributed by atoms with Crippen molar-refractivity contribution in [3.63, 3.8) is 0 Å². The van der Waals surface area contributed by atoms with E-state index in [1.807, 2.05) is 0 Å². The molecule has 0 aromatic heterocycles. The summed E-state index contributed by atoms with van der Waals surface area (Å²) in [4.78, 5) is 0. The second-order valence-electron chi connectivity index (χ2n) is 4.69. The topological polar surface area (TPSA) is 0 Å². The first-order valence-corrected chi connectivity index (χ1v) is 7.51. The van der Waals surface area contributed by atoms with Crippen molar-refractivity contribution in [2.75, 3.05) is 0 Å². The molecule has 0 aliphatic heterocycles. The van der Waals surface area contributed by atoms with Crippen LogP contribution in [0.1, 0.15) is 77.6 Å². The van der Waals surface area contributed by atoms with Crippen LogP contribution in [-0.4, -0.2) is 0 Å². The van der Waals surface area contributed by atoms with Crippen molar-refractivity contribution < 1.29 is 0 Å². The van der Waals surface area contributed by atoms with E-state index in [4.69, 9.17) is 0 Å². The van der Waals surface area contributed by atoms with Gasteiger partial charge >= 0.3 is 0 Å². The van der Waals surface area contributed by atoms with E-state index in [-0.39, 0.29) is 0 Å². The average molecular weight is 235 g/mol. The van der Waals surface area contributed by atoms with Crippen molar-refractivity contribution in [3.8, 4) is 0 Å².